The Bertz CT molecular complexity index is 204. The van der Waals surface area contributed by atoms with E-state index in [1.165, 1.54) is 0 Å². The van der Waals surface area contributed by atoms with Gasteiger partial charge in [-0.2, -0.15) is 0 Å². The zero-order valence-corrected chi connectivity index (χ0v) is 11.5. The zero-order chi connectivity index (χ0) is 12.2. The summed E-state index contributed by atoms with van der Waals surface area (Å²) in [7, 11) is 0. The number of rotatable bonds is 5. The average molecular weight is 228 g/mol. The first-order valence-corrected chi connectivity index (χ1v) is 6.47. The van der Waals surface area contributed by atoms with Crippen molar-refractivity contribution in [3.8, 4) is 0 Å². The van der Waals surface area contributed by atoms with Gasteiger partial charge in [0, 0.05) is 37.8 Å². The summed E-state index contributed by atoms with van der Waals surface area (Å²) < 4.78 is 5.65. The predicted molar refractivity (Wildman–Crippen MR) is 68.8 cm³/mol. The van der Waals surface area contributed by atoms with Gasteiger partial charge >= 0.3 is 0 Å². The Hall–Kier alpha value is -0.120. The third-order valence-corrected chi connectivity index (χ3v) is 3.07. The van der Waals surface area contributed by atoms with E-state index in [1.54, 1.807) is 0 Å². The van der Waals surface area contributed by atoms with Crippen molar-refractivity contribution < 1.29 is 4.74 Å². The molecule has 1 heterocycles. The second kappa shape index (κ2) is 5.99. The van der Waals surface area contributed by atoms with Crippen LogP contribution in [-0.4, -0.2) is 49.3 Å². The van der Waals surface area contributed by atoms with Crippen LogP contribution in [0.25, 0.3) is 0 Å². The molecule has 16 heavy (non-hydrogen) atoms. The third kappa shape index (κ3) is 4.81. The fraction of sp³-hybridized carbons (Fsp3) is 1.00. The van der Waals surface area contributed by atoms with Gasteiger partial charge in [-0.25, -0.2) is 0 Å². The van der Waals surface area contributed by atoms with Crippen molar-refractivity contribution in [2.24, 2.45) is 5.92 Å². The molecule has 0 aromatic carbocycles. The summed E-state index contributed by atoms with van der Waals surface area (Å²) in [5, 5.41) is 3.56. The molecular weight excluding hydrogens is 200 g/mol. The molecule has 3 heteroatoms. The normalized spacial score (nSPS) is 26.2. The van der Waals surface area contributed by atoms with Crippen molar-refractivity contribution in [2.75, 3.05) is 32.8 Å². The Kier molecular flexibility index (Phi) is 5.22. The van der Waals surface area contributed by atoms with Crippen molar-refractivity contribution in [2.45, 2.75) is 46.2 Å². The highest BCUT2D eigenvalue weighted by molar-refractivity contribution is 4.90. The molecule has 3 nitrogen and oxygen atoms in total. The monoisotopic (exact) mass is 228 g/mol. The van der Waals surface area contributed by atoms with E-state index in [-0.39, 0.29) is 5.54 Å². The molecule has 1 unspecified atom stereocenters. The Labute approximate surface area is 101 Å². The lowest BCUT2D eigenvalue weighted by Gasteiger charge is -2.43. The lowest BCUT2D eigenvalue weighted by molar-refractivity contribution is 0.0465. The van der Waals surface area contributed by atoms with Crippen molar-refractivity contribution in [1.82, 2.24) is 10.2 Å². The molecule has 1 fully saturated rings. The summed E-state index contributed by atoms with van der Waals surface area (Å²) in [4.78, 5) is 2.52. The molecule has 0 amide bonds. The lowest BCUT2D eigenvalue weighted by atomic mass is 9.99. The van der Waals surface area contributed by atoms with Crippen LogP contribution in [0.2, 0.25) is 0 Å². The Morgan fingerprint density at radius 3 is 2.75 bits per heavy atom. The van der Waals surface area contributed by atoms with Gasteiger partial charge in [0.1, 0.15) is 0 Å². The third-order valence-electron chi connectivity index (χ3n) is 3.07. The summed E-state index contributed by atoms with van der Waals surface area (Å²) >= 11 is 0. The molecule has 0 aromatic heterocycles. The first-order valence-electron chi connectivity index (χ1n) is 6.47. The fourth-order valence-electron chi connectivity index (χ4n) is 2.07. The summed E-state index contributed by atoms with van der Waals surface area (Å²) in [5.41, 5.74) is 0.241. The van der Waals surface area contributed by atoms with Crippen LogP contribution in [0.15, 0.2) is 0 Å². The number of ether oxygens (including phenoxy) is 1. The van der Waals surface area contributed by atoms with Crippen LogP contribution in [0.5, 0.6) is 0 Å². The van der Waals surface area contributed by atoms with Crippen LogP contribution in [0.1, 0.15) is 34.6 Å². The Morgan fingerprint density at radius 2 is 2.12 bits per heavy atom. The smallest absolute Gasteiger partial charge is 0.0593 e. The topological polar surface area (TPSA) is 24.5 Å². The van der Waals surface area contributed by atoms with E-state index < -0.39 is 0 Å². The van der Waals surface area contributed by atoms with Gasteiger partial charge in [0.25, 0.3) is 0 Å². The fourth-order valence-corrected chi connectivity index (χ4v) is 2.07. The number of piperazine rings is 1. The Balaban J connectivity index is 2.24. The second-order valence-corrected chi connectivity index (χ2v) is 6.05. The molecule has 1 aliphatic rings. The van der Waals surface area contributed by atoms with E-state index in [1.807, 2.05) is 0 Å². The van der Waals surface area contributed by atoms with Crippen molar-refractivity contribution >= 4 is 0 Å². The molecule has 1 saturated heterocycles. The Morgan fingerprint density at radius 1 is 1.44 bits per heavy atom. The highest BCUT2D eigenvalue weighted by atomic mass is 16.5. The molecule has 1 atom stereocenters. The molecule has 1 N–H and O–H groups in total. The second-order valence-electron chi connectivity index (χ2n) is 6.05. The highest BCUT2D eigenvalue weighted by Gasteiger charge is 2.29. The van der Waals surface area contributed by atoms with Crippen molar-refractivity contribution in [3.05, 3.63) is 0 Å². The van der Waals surface area contributed by atoms with E-state index in [0.717, 1.165) is 32.8 Å². The summed E-state index contributed by atoms with van der Waals surface area (Å²) in [6, 6.07) is 0.621. The van der Waals surface area contributed by atoms with Gasteiger partial charge < -0.3 is 10.1 Å². The van der Waals surface area contributed by atoms with E-state index >= 15 is 0 Å². The summed E-state index contributed by atoms with van der Waals surface area (Å²) in [5.74, 6) is 0.636. The maximum atomic E-state index is 5.65. The van der Waals surface area contributed by atoms with Crippen LogP contribution >= 0.6 is 0 Å². The van der Waals surface area contributed by atoms with Gasteiger partial charge in [-0.05, 0) is 26.7 Å². The minimum atomic E-state index is 0.241. The van der Waals surface area contributed by atoms with E-state index in [4.69, 9.17) is 4.74 Å². The van der Waals surface area contributed by atoms with Gasteiger partial charge in [-0.3, -0.25) is 4.90 Å². The van der Waals surface area contributed by atoms with Crippen LogP contribution < -0.4 is 5.32 Å². The van der Waals surface area contributed by atoms with E-state index in [0.29, 0.717) is 12.0 Å². The van der Waals surface area contributed by atoms with Crippen LogP contribution in [0, 0.1) is 5.92 Å². The number of hydrogen-bond donors (Lipinski definition) is 1. The largest absolute Gasteiger partial charge is 0.380 e. The quantitative estimate of drug-likeness (QED) is 0.725. The minimum Gasteiger partial charge on any atom is -0.380 e. The number of hydrogen-bond acceptors (Lipinski definition) is 3. The van der Waals surface area contributed by atoms with Crippen molar-refractivity contribution in [1.29, 1.82) is 0 Å². The molecule has 0 saturated carbocycles. The molecule has 1 rings (SSSR count). The van der Waals surface area contributed by atoms with Crippen molar-refractivity contribution in [3.63, 3.8) is 0 Å². The van der Waals surface area contributed by atoms with E-state index in [2.05, 4.69) is 44.8 Å². The number of nitrogens with zero attached hydrogens (tertiary/aromatic N) is 1. The molecule has 0 aliphatic carbocycles. The standard InChI is InChI=1S/C13H28N2O/c1-11(2)9-16-7-6-15-10-13(4,5)14-8-12(15)3/h11-12,14H,6-10H2,1-5H3. The number of nitrogens with one attached hydrogen (secondary N) is 1. The van der Waals surface area contributed by atoms with Crippen LogP contribution in [-0.2, 0) is 4.74 Å². The maximum absolute atomic E-state index is 5.65. The molecule has 96 valence electrons. The maximum Gasteiger partial charge on any atom is 0.0593 e. The van der Waals surface area contributed by atoms with Gasteiger partial charge in [0.2, 0.25) is 0 Å². The van der Waals surface area contributed by atoms with Gasteiger partial charge in [-0.15, -0.1) is 0 Å². The van der Waals surface area contributed by atoms with Crippen LogP contribution in [0.4, 0.5) is 0 Å². The summed E-state index contributed by atoms with van der Waals surface area (Å²) in [6.07, 6.45) is 0. The first-order chi connectivity index (χ1) is 7.41. The van der Waals surface area contributed by atoms with E-state index in [9.17, 15) is 0 Å². The average Bonchev–Trinajstić information content (AvgIpc) is 2.17. The van der Waals surface area contributed by atoms with Gasteiger partial charge in [-0.1, -0.05) is 13.8 Å². The molecule has 0 aromatic rings. The first kappa shape index (κ1) is 13.9. The van der Waals surface area contributed by atoms with Gasteiger partial charge in [0.15, 0.2) is 0 Å². The molecule has 1 aliphatic heterocycles. The molecule has 0 bridgehead atoms. The highest BCUT2D eigenvalue weighted by Crippen LogP contribution is 2.14. The molecule has 0 radical (unpaired) electrons. The van der Waals surface area contributed by atoms with Gasteiger partial charge in [0.05, 0.1) is 6.61 Å². The molecular formula is C13H28N2O. The SMILES string of the molecule is CC(C)COCCN1CC(C)(C)NCC1C. The predicted octanol–water partition coefficient (Wildman–Crippen LogP) is 1.73. The zero-order valence-electron chi connectivity index (χ0n) is 11.5. The van der Waals surface area contributed by atoms with Crippen LogP contribution in [0.3, 0.4) is 0 Å². The molecule has 0 spiro atoms. The lowest BCUT2D eigenvalue weighted by Crippen LogP contribution is -2.61. The summed E-state index contributed by atoms with van der Waals surface area (Å²) in [6.45, 7) is 16.2. The minimum absolute atomic E-state index is 0.241.